The molecule has 3 aromatic rings. The van der Waals surface area contributed by atoms with Gasteiger partial charge in [0.1, 0.15) is 22.3 Å². The standard InChI is InChI=1S/C21H22FN5O3S/c1-21(2)11-25-19-13(21)7-12(10-24-19)15-5-6-23-20(26-15)27-16-8-14(22)18(31(4,28)29)9-17(16)30-3/h5-10H,11H2,1-4H3,(H,24,25)(H,23,26,27). The summed E-state index contributed by atoms with van der Waals surface area (Å²) in [5, 5.41) is 6.20. The van der Waals surface area contributed by atoms with E-state index in [4.69, 9.17) is 4.74 Å². The Labute approximate surface area is 179 Å². The second-order valence-electron chi connectivity index (χ2n) is 8.00. The number of hydrogen-bond acceptors (Lipinski definition) is 8. The van der Waals surface area contributed by atoms with Crippen molar-refractivity contribution in [3.8, 4) is 17.0 Å². The molecule has 0 saturated heterocycles. The molecule has 162 valence electrons. The lowest BCUT2D eigenvalue weighted by molar-refractivity contribution is 0.413. The highest BCUT2D eigenvalue weighted by Gasteiger charge is 2.31. The highest BCUT2D eigenvalue weighted by molar-refractivity contribution is 7.90. The minimum absolute atomic E-state index is 0.0429. The Bertz CT molecular complexity index is 1280. The van der Waals surface area contributed by atoms with Crippen molar-refractivity contribution in [1.82, 2.24) is 15.0 Å². The largest absolute Gasteiger partial charge is 0.495 e. The molecule has 2 aromatic heterocycles. The van der Waals surface area contributed by atoms with E-state index in [0.29, 0.717) is 5.69 Å². The number of halogens is 1. The number of nitrogens with zero attached hydrogens (tertiary/aromatic N) is 3. The topological polar surface area (TPSA) is 106 Å². The zero-order valence-corrected chi connectivity index (χ0v) is 18.3. The number of aromatic nitrogens is 3. The molecule has 0 fully saturated rings. The molecule has 0 radical (unpaired) electrons. The summed E-state index contributed by atoms with van der Waals surface area (Å²) < 4.78 is 43.1. The van der Waals surface area contributed by atoms with E-state index < -0.39 is 20.5 Å². The van der Waals surface area contributed by atoms with E-state index >= 15 is 0 Å². The van der Waals surface area contributed by atoms with Crippen molar-refractivity contribution in [3.05, 3.63) is 48.0 Å². The van der Waals surface area contributed by atoms with Crippen LogP contribution in [-0.2, 0) is 15.3 Å². The van der Waals surface area contributed by atoms with Crippen molar-refractivity contribution in [1.29, 1.82) is 0 Å². The van der Waals surface area contributed by atoms with Crippen LogP contribution in [0.25, 0.3) is 11.3 Å². The average molecular weight is 444 g/mol. The minimum Gasteiger partial charge on any atom is -0.495 e. The van der Waals surface area contributed by atoms with E-state index in [1.54, 1.807) is 18.5 Å². The molecule has 0 atom stereocenters. The van der Waals surface area contributed by atoms with Gasteiger partial charge < -0.3 is 15.4 Å². The summed E-state index contributed by atoms with van der Waals surface area (Å²) in [5.41, 5.74) is 2.74. The van der Waals surface area contributed by atoms with E-state index in [2.05, 4.69) is 45.5 Å². The first-order valence-electron chi connectivity index (χ1n) is 9.51. The fourth-order valence-electron chi connectivity index (χ4n) is 3.45. The molecule has 0 unspecified atom stereocenters. The Morgan fingerprint density at radius 2 is 2.00 bits per heavy atom. The summed E-state index contributed by atoms with van der Waals surface area (Å²) in [6, 6.07) is 6.00. The molecule has 3 heterocycles. The Morgan fingerprint density at radius 1 is 1.23 bits per heavy atom. The summed E-state index contributed by atoms with van der Waals surface area (Å²) in [7, 11) is -2.37. The van der Waals surface area contributed by atoms with Crippen LogP contribution in [0, 0.1) is 5.82 Å². The summed E-state index contributed by atoms with van der Waals surface area (Å²) in [6.45, 7) is 5.10. The molecule has 0 spiro atoms. The number of fused-ring (bicyclic) bond motifs is 1. The Balaban J connectivity index is 1.69. The van der Waals surface area contributed by atoms with Crippen LogP contribution in [0.2, 0.25) is 0 Å². The molecule has 0 amide bonds. The van der Waals surface area contributed by atoms with E-state index in [1.165, 1.54) is 7.11 Å². The van der Waals surface area contributed by atoms with Gasteiger partial charge in [0.2, 0.25) is 5.95 Å². The molecule has 4 rings (SSSR count). The fourth-order valence-corrected chi connectivity index (χ4v) is 4.18. The fraction of sp³-hybridized carbons (Fsp3) is 0.286. The molecular formula is C21H22FN5O3S. The van der Waals surface area contributed by atoms with Crippen LogP contribution in [0.5, 0.6) is 5.75 Å². The van der Waals surface area contributed by atoms with Gasteiger partial charge in [-0.15, -0.1) is 0 Å². The van der Waals surface area contributed by atoms with E-state index in [9.17, 15) is 12.8 Å². The third kappa shape index (κ3) is 4.02. The third-order valence-electron chi connectivity index (χ3n) is 5.17. The predicted molar refractivity (Wildman–Crippen MR) is 116 cm³/mol. The van der Waals surface area contributed by atoms with Gasteiger partial charge in [-0.1, -0.05) is 13.8 Å². The first-order valence-corrected chi connectivity index (χ1v) is 11.4. The molecule has 0 bridgehead atoms. The lowest BCUT2D eigenvalue weighted by Crippen LogP contribution is -2.18. The normalized spacial score (nSPS) is 14.6. The molecule has 1 aliphatic rings. The molecule has 2 N–H and O–H groups in total. The minimum atomic E-state index is -3.74. The lowest BCUT2D eigenvalue weighted by Gasteiger charge is -2.17. The number of hydrogen-bond donors (Lipinski definition) is 2. The van der Waals surface area contributed by atoms with Gasteiger partial charge in [-0.3, -0.25) is 0 Å². The van der Waals surface area contributed by atoms with E-state index in [1.807, 2.05) is 0 Å². The maximum Gasteiger partial charge on any atom is 0.227 e. The van der Waals surface area contributed by atoms with Crippen molar-refractivity contribution in [2.75, 3.05) is 30.5 Å². The molecule has 31 heavy (non-hydrogen) atoms. The number of nitrogens with one attached hydrogen (secondary N) is 2. The Morgan fingerprint density at radius 3 is 2.71 bits per heavy atom. The van der Waals surface area contributed by atoms with Crippen LogP contribution in [0.4, 0.5) is 21.8 Å². The number of benzene rings is 1. The van der Waals surface area contributed by atoms with Gasteiger partial charge in [0.15, 0.2) is 9.84 Å². The first-order chi connectivity index (χ1) is 14.6. The van der Waals surface area contributed by atoms with Crippen molar-refractivity contribution in [2.45, 2.75) is 24.2 Å². The number of pyridine rings is 1. The third-order valence-corrected chi connectivity index (χ3v) is 6.28. The van der Waals surface area contributed by atoms with Gasteiger partial charge in [0.25, 0.3) is 0 Å². The van der Waals surface area contributed by atoms with Gasteiger partial charge in [-0.05, 0) is 12.1 Å². The van der Waals surface area contributed by atoms with Gasteiger partial charge in [0.05, 0.1) is 18.5 Å². The Kier molecular flexibility index (Phi) is 5.04. The Hall–Kier alpha value is -3.27. The second kappa shape index (κ2) is 7.45. The first kappa shape index (κ1) is 21.0. The molecule has 1 aliphatic heterocycles. The van der Waals surface area contributed by atoms with Crippen molar-refractivity contribution in [3.63, 3.8) is 0 Å². The second-order valence-corrected chi connectivity index (χ2v) is 9.99. The number of anilines is 3. The summed E-state index contributed by atoms with van der Waals surface area (Å²) in [6.07, 6.45) is 4.25. The lowest BCUT2D eigenvalue weighted by atomic mass is 9.87. The molecular weight excluding hydrogens is 421 g/mol. The van der Waals surface area contributed by atoms with E-state index in [-0.39, 0.29) is 22.8 Å². The van der Waals surface area contributed by atoms with Gasteiger partial charge in [0, 0.05) is 53.9 Å². The molecule has 10 heteroatoms. The summed E-state index contributed by atoms with van der Waals surface area (Å²) >= 11 is 0. The van der Waals surface area contributed by atoms with Crippen molar-refractivity contribution < 1.29 is 17.5 Å². The van der Waals surface area contributed by atoms with Crippen LogP contribution in [0.1, 0.15) is 19.4 Å². The van der Waals surface area contributed by atoms with Crippen molar-refractivity contribution in [2.24, 2.45) is 0 Å². The van der Waals surface area contributed by atoms with Crippen LogP contribution in [0.3, 0.4) is 0 Å². The number of ether oxygens (including phenoxy) is 1. The smallest absolute Gasteiger partial charge is 0.227 e. The van der Waals surface area contributed by atoms with Crippen LogP contribution >= 0.6 is 0 Å². The van der Waals surface area contributed by atoms with Crippen LogP contribution in [0.15, 0.2) is 41.6 Å². The molecule has 8 nitrogen and oxygen atoms in total. The maximum absolute atomic E-state index is 14.4. The summed E-state index contributed by atoms with van der Waals surface area (Å²) in [5.74, 6) is 0.342. The highest BCUT2D eigenvalue weighted by atomic mass is 32.2. The quantitative estimate of drug-likeness (QED) is 0.617. The molecule has 0 aliphatic carbocycles. The van der Waals surface area contributed by atoms with Gasteiger partial charge in [-0.2, -0.15) is 0 Å². The zero-order chi connectivity index (χ0) is 22.4. The zero-order valence-electron chi connectivity index (χ0n) is 17.5. The average Bonchev–Trinajstić information content (AvgIpc) is 3.02. The van der Waals surface area contributed by atoms with Crippen molar-refractivity contribution >= 4 is 27.3 Å². The van der Waals surface area contributed by atoms with Gasteiger partial charge >= 0.3 is 0 Å². The predicted octanol–water partition coefficient (Wildman–Crippen LogP) is 3.54. The van der Waals surface area contributed by atoms with E-state index in [0.717, 1.165) is 41.9 Å². The highest BCUT2D eigenvalue weighted by Crippen LogP contribution is 2.37. The number of methoxy groups -OCH3 is 1. The number of sulfone groups is 1. The maximum atomic E-state index is 14.4. The summed E-state index contributed by atoms with van der Waals surface area (Å²) in [4.78, 5) is 12.8. The van der Waals surface area contributed by atoms with Crippen LogP contribution < -0.4 is 15.4 Å². The number of rotatable bonds is 5. The molecule has 0 saturated carbocycles. The van der Waals surface area contributed by atoms with Crippen LogP contribution in [-0.4, -0.2) is 43.3 Å². The SMILES string of the molecule is COc1cc(S(C)(=O)=O)c(F)cc1Nc1nccc(-c2cnc3c(c2)C(C)(C)CN3)n1. The molecule has 1 aromatic carbocycles. The monoisotopic (exact) mass is 443 g/mol. The van der Waals surface area contributed by atoms with Gasteiger partial charge in [-0.25, -0.2) is 27.8 Å².